The van der Waals surface area contributed by atoms with E-state index in [0.29, 0.717) is 19.4 Å². The number of aliphatic hydroxyl groups excluding tert-OH is 1. The van der Waals surface area contributed by atoms with Crippen LogP contribution >= 0.6 is 0 Å². The van der Waals surface area contributed by atoms with Crippen LogP contribution in [0.4, 0.5) is 0 Å². The summed E-state index contributed by atoms with van der Waals surface area (Å²) in [6.45, 7) is 2.37. The fourth-order valence-electron chi connectivity index (χ4n) is 4.55. The van der Waals surface area contributed by atoms with Crippen LogP contribution in [0.2, 0.25) is 0 Å². The van der Waals surface area contributed by atoms with Gasteiger partial charge in [-0.25, -0.2) is 0 Å². The van der Waals surface area contributed by atoms with Gasteiger partial charge >= 0.3 is 0 Å². The Morgan fingerprint density at radius 2 is 1.87 bits per heavy atom. The van der Waals surface area contributed by atoms with Gasteiger partial charge in [-0.3, -0.25) is 9.59 Å². The third kappa shape index (κ3) is 3.83. The Hall–Kier alpha value is -3.10. The molecule has 0 unspecified atom stereocenters. The molecule has 0 bridgehead atoms. The first-order valence-electron chi connectivity index (χ1n) is 10.4. The maximum atomic E-state index is 12.5. The fraction of sp³-hybridized carbons (Fsp3) is 0.360. The van der Waals surface area contributed by atoms with Crippen molar-refractivity contribution in [2.45, 2.75) is 37.8 Å². The number of nitrogens with zero attached hydrogens (tertiary/aromatic N) is 2. The molecule has 2 amide bonds. The second-order valence-corrected chi connectivity index (χ2v) is 7.86. The maximum Gasteiger partial charge on any atom is 0.242 e. The van der Waals surface area contributed by atoms with E-state index in [1.54, 1.807) is 9.80 Å². The van der Waals surface area contributed by atoms with Crippen molar-refractivity contribution in [1.82, 2.24) is 9.80 Å². The second-order valence-electron chi connectivity index (χ2n) is 7.86. The largest absolute Gasteiger partial charge is 0.394 e. The molecule has 2 fully saturated rings. The third-order valence-corrected chi connectivity index (χ3v) is 6.07. The van der Waals surface area contributed by atoms with Crippen molar-refractivity contribution in [3.05, 3.63) is 71.3 Å². The van der Waals surface area contributed by atoms with Crippen LogP contribution in [0.5, 0.6) is 0 Å². The Balaban J connectivity index is 1.48. The highest BCUT2D eigenvalue weighted by atomic mass is 16.3. The second kappa shape index (κ2) is 8.73. The molecular formula is C25H26N2O3. The van der Waals surface area contributed by atoms with Crippen LogP contribution in [0.25, 0.3) is 0 Å². The quantitative estimate of drug-likeness (QED) is 0.798. The van der Waals surface area contributed by atoms with E-state index in [-0.39, 0.29) is 43.0 Å². The smallest absolute Gasteiger partial charge is 0.242 e. The topological polar surface area (TPSA) is 60.9 Å². The Labute approximate surface area is 177 Å². The zero-order valence-electron chi connectivity index (χ0n) is 17.1. The van der Waals surface area contributed by atoms with Crippen molar-refractivity contribution in [3.8, 4) is 11.8 Å². The molecule has 0 aromatic heterocycles. The molecule has 2 saturated heterocycles. The minimum absolute atomic E-state index is 0.00163. The lowest BCUT2D eigenvalue weighted by Gasteiger charge is -2.58. The first kappa shape index (κ1) is 20.2. The summed E-state index contributed by atoms with van der Waals surface area (Å²) in [6.07, 6.45) is 1.10. The van der Waals surface area contributed by atoms with E-state index in [9.17, 15) is 14.7 Å². The Morgan fingerprint density at radius 3 is 2.53 bits per heavy atom. The highest BCUT2D eigenvalue weighted by Gasteiger charge is 2.54. The Bertz CT molecular complexity index is 975. The molecule has 2 aromatic carbocycles. The molecule has 0 aliphatic carbocycles. The lowest BCUT2D eigenvalue weighted by Crippen LogP contribution is -2.73. The number of carbonyl (C=O) groups excluding carboxylic acids is 2. The van der Waals surface area contributed by atoms with E-state index in [0.717, 1.165) is 11.1 Å². The van der Waals surface area contributed by atoms with Crippen LogP contribution in [-0.4, -0.2) is 58.5 Å². The Morgan fingerprint density at radius 1 is 1.13 bits per heavy atom. The van der Waals surface area contributed by atoms with Crippen molar-refractivity contribution in [2.24, 2.45) is 0 Å². The van der Waals surface area contributed by atoms with Gasteiger partial charge in [0.25, 0.3) is 0 Å². The van der Waals surface area contributed by atoms with Crippen LogP contribution in [0.15, 0.2) is 54.6 Å². The van der Waals surface area contributed by atoms with E-state index in [1.165, 1.54) is 5.56 Å². The van der Waals surface area contributed by atoms with E-state index >= 15 is 0 Å². The number of hydrogen-bond donors (Lipinski definition) is 1. The molecule has 4 rings (SSSR count). The predicted molar refractivity (Wildman–Crippen MR) is 115 cm³/mol. The highest BCUT2D eigenvalue weighted by molar-refractivity contribution is 5.87. The summed E-state index contributed by atoms with van der Waals surface area (Å²) >= 11 is 0. The summed E-state index contributed by atoms with van der Waals surface area (Å²) in [7, 11) is 0. The molecule has 2 aliphatic rings. The van der Waals surface area contributed by atoms with Gasteiger partial charge < -0.3 is 14.9 Å². The van der Waals surface area contributed by atoms with Gasteiger partial charge in [0, 0.05) is 30.9 Å². The average molecular weight is 402 g/mol. The number of hydrogen-bond acceptors (Lipinski definition) is 3. The summed E-state index contributed by atoms with van der Waals surface area (Å²) in [5, 5.41) is 9.88. The first-order valence-corrected chi connectivity index (χ1v) is 10.4. The van der Waals surface area contributed by atoms with Crippen LogP contribution < -0.4 is 0 Å². The summed E-state index contributed by atoms with van der Waals surface area (Å²) < 4.78 is 0. The van der Waals surface area contributed by atoms with Crippen LogP contribution in [0.3, 0.4) is 0 Å². The van der Waals surface area contributed by atoms with Gasteiger partial charge in [0.2, 0.25) is 11.8 Å². The number of amides is 2. The summed E-state index contributed by atoms with van der Waals surface area (Å²) in [4.78, 5) is 28.1. The minimum atomic E-state index is -0.226. The standard InChI is InChI=1S/C25H26N2O3/c1-2-23(29)26-15-21-25(22(17-28)27(21)24(30)16-26)20-13-11-19(12-14-20)10-6-9-18-7-4-3-5-8-18/h3-5,7-8,11-14,21-22,25,28H,2,9,15-17H2,1H3/t21-,22-,25-/m0/s1. The van der Waals surface area contributed by atoms with E-state index in [4.69, 9.17) is 0 Å². The molecule has 2 heterocycles. The number of piperazine rings is 1. The minimum Gasteiger partial charge on any atom is -0.394 e. The molecule has 2 aromatic rings. The van der Waals surface area contributed by atoms with Gasteiger partial charge in [0.1, 0.15) is 0 Å². The molecular weight excluding hydrogens is 376 g/mol. The van der Waals surface area contributed by atoms with Gasteiger partial charge in [0.05, 0.1) is 25.2 Å². The monoisotopic (exact) mass is 402 g/mol. The van der Waals surface area contributed by atoms with Gasteiger partial charge in [0.15, 0.2) is 0 Å². The van der Waals surface area contributed by atoms with Gasteiger partial charge in [-0.05, 0) is 23.3 Å². The van der Waals surface area contributed by atoms with Crippen molar-refractivity contribution in [2.75, 3.05) is 19.7 Å². The maximum absolute atomic E-state index is 12.5. The highest BCUT2D eigenvalue weighted by Crippen LogP contribution is 2.42. The molecule has 5 heteroatoms. The molecule has 0 saturated carbocycles. The lowest BCUT2D eigenvalue weighted by atomic mass is 9.73. The Kier molecular flexibility index (Phi) is 5.87. The molecule has 2 aliphatic heterocycles. The fourth-order valence-corrected chi connectivity index (χ4v) is 4.55. The number of rotatable bonds is 4. The van der Waals surface area contributed by atoms with Crippen molar-refractivity contribution in [3.63, 3.8) is 0 Å². The summed E-state index contributed by atoms with van der Waals surface area (Å²) in [6, 6.07) is 17.9. The van der Waals surface area contributed by atoms with E-state index in [2.05, 4.69) is 24.0 Å². The molecule has 0 spiro atoms. The summed E-state index contributed by atoms with van der Waals surface area (Å²) in [5.74, 6) is 6.35. The van der Waals surface area contributed by atoms with Gasteiger partial charge in [-0.1, -0.05) is 61.2 Å². The van der Waals surface area contributed by atoms with E-state index in [1.807, 2.05) is 49.4 Å². The zero-order chi connectivity index (χ0) is 21.1. The zero-order valence-corrected chi connectivity index (χ0v) is 17.1. The van der Waals surface area contributed by atoms with Gasteiger partial charge in [-0.2, -0.15) is 0 Å². The van der Waals surface area contributed by atoms with Crippen LogP contribution in [0, 0.1) is 11.8 Å². The van der Waals surface area contributed by atoms with Crippen molar-refractivity contribution in [1.29, 1.82) is 0 Å². The molecule has 154 valence electrons. The molecule has 0 radical (unpaired) electrons. The molecule has 3 atom stereocenters. The average Bonchev–Trinajstić information content (AvgIpc) is 2.76. The lowest BCUT2D eigenvalue weighted by molar-refractivity contribution is -0.166. The number of aliphatic hydroxyl groups is 1. The van der Waals surface area contributed by atoms with Crippen molar-refractivity contribution < 1.29 is 14.7 Å². The van der Waals surface area contributed by atoms with Crippen LogP contribution in [0.1, 0.15) is 36.0 Å². The SMILES string of the molecule is CCC(=O)N1CC(=O)N2[C@@H](CO)[C@@H](c3ccc(C#CCc4ccccc4)cc3)[C@@H]2C1. The predicted octanol–water partition coefficient (Wildman–Crippen LogP) is 2.19. The molecule has 1 N–H and O–H groups in total. The number of benzene rings is 2. The van der Waals surface area contributed by atoms with E-state index < -0.39 is 0 Å². The summed E-state index contributed by atoms with van der Waals surface area (Å²) in [5.41, 5.74) is 3.20. The number of fused-ring (bicyclic) bond motifs is 1. The normalized spacial score (nSPS) is 22.6. The van der Waals surface area contributed by atoms with Gasteiger partial charge in [-0.15, -0.1) is 0 Å². The molecule has 5 nitrogen and oxygen atoms in total. The first-order chi connectivity index (χ1) is 14.6. The van der Waals surface area contributed by atoms with Crippen LogP contribution in [-0.2, 0) is 16.0 Å². The third-order valence-electron chi connectivity index (χ3n) is 6.07. The van der Waals surface area contributed by atoms with Crippen molar-refractivity contribution >= 4 is 11.8 Å². The number of carbonyl (C=O) groups is 2. The molecule has 30 heavy (non-hydrogen) atoms.